The second-order valence-corrected chi connectivity index (χ2v) is 9.57. The summed E-state index contributed by atoms with van der Waals surface area (Å²) in [5.41, 5.74) is -0.117. The van der Waals surface area contributed by atoms with E-state index in [1.807, 2.05) is 19.9 Å². The zero-order chi connectivity index (χ0) is 18.8. The maximum atomic E-state index is 14.7. The van der Waals surface area contributed by atoms with Crippen molar-refractivity contribution in [2.24, 2.45) is 5.92 Å². The summed E-state index contributed by atoms with van der Waals surface area (Å²) in [6.45, 7) is 7.61. The molecule has 5 nitrogen and oxygen atoms in total. The van der Waals surface area contributed by atoms with Crippen LogP contribution in [0.4, 0.5) is 4.39 Å². The number of piperidine rings is 1. The number of sulfonamides is 1. The van der Waals surface area contributed by atoms with Gasteiger partial charge in [0.25, 0.3) is 0 Å². The van der Waals surface area contributed by atoms with Crippen LogP contribution in [0.15, 0.2) is 29.2 Å². The molecular formula is C19H29FN2O3S. The quantitative estimate of drug-likeness (QED) is 0.783. The van der Waals surface area contributed by atoms with Crippen LogP contribution in [0.25, 0.3) is 0 Å². The summed E-state index contributed by atoms with van der Waals surface area (Å²) in [6, 6.07) is 7.14. The second-order valence-electron chi connectivity index (χ2n) is 7.63. The van der Waals surface area contributed by atoms with Crippen molar-refractivity contribution >= 4 is 10.0 Å². The van der Waals surface area contributed by atoms with Crippen LogP contribution in [0, 0.1) is 5.92 Å². The van der Waals surface area contributed by atoms with Crippen molar-refractivity contribution < 1.29 is 17.5 Å². The average molecular weight is 385 g/mol. The third-order valence-corrected chi connectivity index (χ3v) is 7.53. The average Bonchev–Trinajstić information content (AvgIpc) is 2.64. The number of nitrogens with zero attached hydrogens (tertiary/aromatic N) is 2. The molecule has 0 radical (unpaired) electrons. The van der Waals surface area contributed by atoms with Crippen LogP contribution in [0.2, 0.25) is 0 Å². The summed E-state index contributed by atoms with van der Waals surface area (Å²) in [7, 11) is -3.48. The van der Waals surface area contributed by atoms with E-state index < -0.39 is 15.7 Å². The van der Waals surface area contributed by atoms with Crippen molar-refractivity contribution in [1.82, 2.24) is 9.21 Å². The van der Waals surface area contributed by atoms with Gasteiger partial charge in [0.15, 0.2) is 0 Å². The van der Waals surface area contributed by atoms with Gasteiger partial charge in [-0.05, 0) is 36.5 Å². The predicted molar refractivity (Wildman–Crippen MR) is 99.2 cm³/mol. The Morgan fingerprint density at radius 1 is 1.15 bits per heavy atom. The van der Waals surface area contributed by atoms with Gasteiger partial charge in [0.1, 0.15) is 5.67 Å². The van der Waals surface area contributed by atoms with Gasteiger partial charge in [-0.3, -0.25) is 4.90 Å². The summed E-state index contributed by atoms with van der Waals surface area (Å²) >= 11 is 0. The minimum atomic E-state index is -3.48. The highest BCUT2D eigenvalue weighted by atomic mass is 32.2. The third kappa shape index (κ3) is 4.27. The van der Waals surface area contributed by atoms with Crippen molar-refractivity contribution in [1.29, 1.82) is 0 Å². The Hall–Kier alpha value is -1.02. The zero-order valence-electron chi connectivity index (χ0n) is 15.7. The van der Waals surface area contributed by atoms with Gasteiger partial charge in [-0.1, -0.05) is 26.0 Å². The largest absolute Gasteiger partial charge is 0.379 e. The van der Waals surface area contributed by atoms with E-state index in [0.29, 0.717) is 63.7 Å². The first-order valence-corrected chi connectivity index (χ1v) is 10.8. The molecule has 3 rings (SSSR count). The fourth-order valence-corrected chi connectivity index (χ4v) is 5.14. The summed E-state index contributed by atoms with van der Waals surface area (Å²) in [6.07, 6.45) is 1.08. The lowest BCUT2D eigenvalue weighted by atomic mass is 9.83. The molecule has 0 bridgehead atoms. The van der Waals surface area contributed by atoms with Crippen LogP contribution in [-0.4, -0.2) is 62.7 Å². The van der Waals surface area contributed by atoms with E-state index in [2.05, 4.69) is 4.90 Å². The number of rotatable bonds is 5. The molecule has 26 heavy (non-hydrogen) atoms. The van der Waals surface area contributed by atoms with E-state index in [1.54, 1.807) is 18.2 Å². The van der Waals surface area contributed by atoms with Crippen LogP contribution < -0.4 is 0 Å². The minimum Gasteiger partial charge on any atom is -0.379 e. The maximum absolute atomic E-state index is 14.7. The lowest BCUT2D eigenvalue weighted by Gasteiger charge is -2.38. The molecule has 146 valence electrons. The predicted octanol–water partition coefficient (Wildman–Crippen LogP) is 2.67. The number of hydrogen-bond acceptors (Lipinski definition) is 4. The van der Waals surface area contributed by atoms with Crippen LogP contribution in [-0.2, 0) is 21.3 Å². The van der Waals surface area contributed by atoms with Crippen molar-refractivity contribution in [2.45, 2.75) is 43.8 Å². The Balaban J connectivity index is 1.67. The van der Waals surface area contributed by atoms with Gasteiger partial charge in [0.05, 0.1) is 18.1 Å². The fraction of sp³-hybridized carbons (Fsp3) is 0.684. The Labute approximate surface area is 156 Å². The van der Waals surface area contributed by atoms with Crippen LogP contribution in [0.1, 0.15) is 32.3 Å². The Morgan fingerprint density at radius 3 is 2.42 bits per heavy atom. The molecule has 0 amide bonds. The first-order valence-electron chi connectivity index (χ1n) is 9.39. The molecule has 0 aromatic heterocycles. The van der Waals surface area contributed by atoms with Crippen molar-refractivity contribution in [3.8, 4) is 0 Å². The number of halogens is 1. The second kappa shape index (κ2) is 7.92. The van der Waals surface area contributed by atoms with E-state index in [9.17, 15) is 12.8 Å². The molecule has 0 N–H and O–H groups in total. The molecule has 2 heterocycles. The van der Waals surface area contributed by atoms with Gasteiger partial charge in [-0.25, -0.2) is 12.8 Å². The number of ether oxygens (including phenoxy) is 1. The zero-order valence-corrected chi connectivity index (χ0v) is 16.5. The smallest absolute Gasteiger partial charge is 0.243 e. The van der Waals surface area contributed by atoms with Crippen LogP contribution >= 0.6 is 0 Å². The topological polar surface area (TPSA) is 49.9 Å². The molecule has 1 aromatic rings. The molecular weight excluding hydrogens is 355 g/mol. The number of alkyl halides is 1. The summed E-state index contributed by atoms with van der Waals surface area (Å²) < 4.78 is 47.0. The standard InChI is InChI=1S/C19H29FN2O3S/c1-16(2)19(20)6-8-21(9-7-19)15-17-4-3-5-18(14-17)26(23,24)22-10-12-25-13-11-22/h3-5,14,16H,6-13,15H2,1-2H3. The van der Waals surface area contributed by atoms with Crippen LogP contribution in [0.5, 0.6) is 0 Å². The highest BCUT2D eigenvalue weighted by Gasteiger charge is 2.37. The lowest BCUT2D eigenvalue weighted by Crippen LogP contribution is -2.44. The molecule has 0 spiro atoms. The van der Waals surface area contributed by atoms with E-state index in [1.165, 1.54) is 4.31 Å². The molecule has 0 aliphatic carbocycles. The van der Waals surface area contributed by atoms with E-state index in [-0.39, 0.29) is 5.92 Å². The molecule has 0 atom stereocenters. The molecule has 2 aliphatic rings. The highest BCUT2D eigenvalue weighted by molar-refractivity contribution is 7.89. The minimum absolute atomic E-state index is 0.0339. The van der Waals surface area contributed by atoms with Gasteiger partial charge in [-0.15, -0.1) is 0 Å². The van der Waals surface area contributed by atoms with E-state index in [0.717, 1.165) is 5.56 Å². The van der Waals surface area contributed by atoms with E-state index >= 15 is 0 Å². The molecule has 2 fully saturated rings. The SMILES string of the molecule is CC(C)C1(F)CCN(Cc2cccc(S(=O)(=O)N3CCOCC3)c2)CC1. The van der Waals surface area contributed by atoms with Gasteiger partial charge < -0.3 is 4.74 Å². The summed E-state index contributed by atoms with van der Waals surface area (Å²) in [5, 5.41) is 0. The van der Waals surface area contributed by atoms with Crippen molar-refractivity contribution in [3.63, 3.8) is 0 Å². The molecule has 2 aliphatic heterocycles. The first kappa shape index (κ1) is 19.7. The monoisotopic (exact) mass is 384 g/mol. The number of hydrogen-bond donors (Lipinski definition) is 0. The number of morpholine rings is 1. The fourth-order valence-electron chi connectivity index (χ4n) is 3.66. The Bertz CT molecular complexity index is 709. The third-order valence-electron chi connectivity index (χ3n) is 5.63. The highest BCUT2D eigenvalue weighted by Crippen LogP contribution is 2.34. The Kier molecular flexibility index (Phi) is 6.01. The van der Waals surface area contributed by atoms with Gasteiger partial charge in [0, 0.05) is 32.7 Å². The lowest BCUT2D eigenvalue weighted by molar-refractivity contribution is 0.0172. The maximum Gasteiger partial charge on any atom is 0.243 e. The normalized spacial score (nSPS) is 22.6. The molecule has 2 saturated heterocycles. The summed E-state index contributed by atoms with van der Waals surface area (Å²) in [5.74, 6) is 0.0339. The molecule has 0 saturated carbocycles. The van der Waals surface area contributed by atoms with Gasteiger partial charge in [-0.2, -0.15) is 4.31 Å². The number of likely N-dealkylation sites (tertiary alicyclic amines) is 1. The van der Waals surface area contributed by atoms with Gasteiger partial charge in [0.2, 0.25) is 10.0 Å². The molecule has 7 heteroatoms. The van der Waals surface area contributed by atoms with Crippen LogP contribution in [0.3, 0.4) is 0 Å². The molecule has 0 unspecified atom stereocenters. The number of benzene rings is 1. The van der Waals surface area contributed by atoms with Crippen molar-refractivity contribution in [3.05, 3.63) is 29.8 Å². The van der Waals surface area contributed by atoms with E-state index in [4.69, 9.17) is 4.74 Å². The molecule has 1 aromatic carbocycles. The van der Waals surface area contributed by atoms with Crippen molar-refractivity contribution in [2.75, 3.05) is 39.4 Å². The summed E-state index contributed by atoms with van der Waals surface area (Å²) in [4.78, 5) is 2.54. The first-order chi connectivity index (χ1) is 12.3. The Morgan fingerprint density at radius 2 is 1.81 bits per heavy atom. The van der Waals surface area contributed by atoms with Gasteiger partial charge >= 0.3 is 0 Å².